The van der Waals surface area contributed by atoms with Crippen molar-refractivity contribution in [3.05, 3.63) is 52.1 Å². The summed E-state index contributed by atoms with van der Waals surface area (Å²) in [6.45, 7) is 3.62. The Morgan fingerprint density at radius 1 is 1.17 bits per heavy atom. The van der Waals surface area contributed by atoms with Crippen LogP contribution in [-0.4, -0.2) is 33.7 Å². The molecule has 6 heteroatoms. The van der Waals surface area contributed by atoms with E-state index >= 15 is 0 Å². The zero-order valence-corrected chi connectivity index (χ0v) is 13.0. The van der Waals surface area contributed by atoms with Gasteiger partial charge in [-0.3, -0.25) is 9.36 Å². The van der Waals surface area contributed by atoms with E-state index in [1.165, 1.54) is 23.8 Å². The van der Waals surface area contributed by atoms with Crippen molar-refractivity contribution in [2.75, 3.05) is 18.0 Å². The van der Waals surface area contributed by atoms with Crippen LogP contribution in [0.1, 0.15) is 35.2 Å². The Bertz CT molecular complexity index is 775. The first kappa shape index (κ1) is 15.3. The fourth-order valence-corrected chi connectivity index (χ4v) is 2.92. The predicted molar refractivity (Wildman–Crippen MR) is 87.6 cm³/mol. The Balaban J connectivity index is 1.95. The first-order valence-electron chi connectivity index (χ1n) is 7.75. The molecular formula is C17H19N3O3. The number of rotatable bonds is 3. The summed E-state index contributed by atoms with van der Waals surface area (Å²) in [5, 5.41) is 9.20. The van der Waals surface area contributed by atoms with Gasteiger partial charge in [0.15, 0.2) is 0 Å². The van der Waals surface area contributed by atoms with Gasteiger partial charge in [0.05, 0.1) is 11.9 Å². The van der Waals surface area contributed by atoms with Gasteiger partial charge in [-0.05, 0) is 49.9 Å². The van der Waals surface area contributed by atoms with E-state index in [0.29, 0.717) is 11.3 Å². The molecular weight excluding hydrogens is 294 g/mol. The van der Waals surface area contributed by atoms with Crippen LogP contribution in [0.2, 0.25) is 0 Å². The normalized spacial score (nSPS) is 14.7. The maximum Gasteiger partial charge on any atom is 0.341 e. The highest BCUT2D eigenvalue weighted by molar-refractivity contribution is 5.88. The molecule has 1 aliphatic rings. The highest BCUT2D eigenvalue weighted by Crippen LogP contribution is 2.18. The van der Waals surface area contributed by atoms with E-state index in [4.69, 9.17) is 0 Å². The van der Waals surface area contributed by atoms with E-state index in [2.05, 4.69) is 9.88 Å². The summed E-state index contributed by atoms with van der Waals surface area (Å²) in [6.07, 6.45) is 6.80. The van der Waals surface area contributed by atoms with Gasteiger partial charge in [0, 0.05) is 19.3 Å². The molecule has 0 bridgehead atoms. The van der Waals surface area contributed by atoms with E-state index in [9.17, 15) is 14.7 Å². The van der Waals surface area contributed by atoms with Crippen molar-refractivity contribution >= 4 is 11.8 Å². The van der Waals surface area contributed by atoms with Crippen molar-refractivity contribution in [2.45, 2.75) is 26.2 Å². The highest BCUT2D eigenvalue weighted by Gasteiger charge is 2.16. The average molecular weight is 313 g/mol. The highest BCUT2D eigenvalue weighted by atomic mass is 16.4. The number of hydrogen-bond donors (Lipinski definition) is 1. The van der Waals surface area contributed by atoms with Crippen molar-refractivity contribution in [3.8, 4) is 5.69 Å². The van der Waals surface area contributed by atoms with Crippen molar-refractivity contribution < 1.29 is 9.90 Å². The monoisotopic (exact) mass is 313 g/mol. The topological polar surface area (TPSA) is 75.4 Å². The van der Waals surface area contributed by atoms with Gasteiger partial charge in [0.2, 0.25) is 0 Å². The lowest BCUT2D eigenvalue weighted by atomic mass is 10.1. The standard InChI is InChI=1S/C17H19N3O3/c1-12-7-10-20(16(21)15(12)17(22)23)13-5-6-14(18-11-13)19-8-3-2-4-9-19/h5-7,10-11H,2-4,8-9H2,1H3,(H,22,23). The third-order valence-electron chi connectivity index (χ3n) is 4.20. The quantitative estimate of drug-likeness (QED) is 0.940. The third-order valence-corrected chi connectivity index (χ3v) is 4.20. The van der Waals surface area contributed by atoms with E-state index in [1.54, 1.807) is 31.5 Å². The fraction of sp³-hybridized carbons (Fsp3) is 0.353. The molecule has 23 heavy (non-hydrogen) atoms. The van der Waals surface area contributed by atoms with Crippen LogP contribution >= 0.6 is 0 Å². The van der Waals surface area contributed by atoms with Gasteiger partial charge in [0.25, 0.3) is 5.56 Å². The number of aryl methyl sites for hydroxylation is 1. The minimum Gasteiger partial charge on any atom is -0.477 e. The molecule has 2 aromatic rings. The Morgan fingerprint density at radius 3 is 2.52 bits per heavy atom. The molecule has 3 heterocycles. The molecule has 1 saturated heterocycles. The summed E-state index contributed by atoms with van der Waals surface area (Å²) in [7, 11) is 0. The Morgan fingerprint density at radius 2 is 1.91 bits per heavy atom. The molecule has 0 amide bonds. The molecule has 0 unspecified atom stereocenters. The number of piperidine rings is 1. The summed E-state index contributed by atoms with van der Waals surface area (Å²) >= 11 is 0. The Labute approximate surface area is 134 Å². The number of carbonyl (C=O) groups is 1. The molecule has 0 atom stereocenters. The summed E-state index contributed by atoms with van der Waals surface area (Å²) in [6, 6.07) is 5.32. The lowest BCUT2D eigenvalue weighted by Gasteiger charge is -2.27. The number of nitrogens with zero attached hydrogens (tertiary/aromatic N) is 3. The van der Waals surface area contributed by atoms with Gasteiger partial charge in [-0.1, -0.05) is 0 Å². The molecule has 0 saturated carbocycles. The van der Waals surface area contributed by atoms with Gasteiger partial charge >= 0.3 is 5.97 Å². The van der Waals surface area contributed by atoms with Gasteiger partial charge in [0.1, 0.15) is 11.4 Å². The van der Waals surface area contributed by atoms with Crippen LogP contribution in [0, 0.1) is 6.92 Å². The van der Waals surface area contributed by atoms with Crippen molar-refractivity contribution in [1.29, 1.82) is 0 Å². The maximum absolute atomic E-state index is 12.4. The Hall–Kier alpha value is -2.63. The van der Waals surface area contributed by atoms with Gasteiger partial charge in [-0.2, -0.15) is 0 Å². The lowest BCUT2D eigenvalue weighted by molar-refractivity contribution is 0.0693. The molecule has 2 aromatic heterocycles. The SMILES string of the molecule is Cc1ccn(-c2ccc(N3CCCCC3)nc2)c(=O)c1C(=O)O. The zero-order valence-electron chi connectivity index (χ0n) is 13.0. The number of hydrogen-bond acceptors (Lipinski definition) is 4. The number of carboxylic acid groups (broad SMARTS) is 1. The van der Waals surface area contributed by atoms with E-state index < -0.39 is 11.5 Å². The van der Waals surface area contributed by atoms with E-state index in [-0.39, 0.29) is 5.56 Å². The summed E-state index contributed by atoms with van der Waals surface area (Å²) < 4.78 is 1.32. The number of aromatic carboxylic acids is 1. The second-order valence-electron chi connectivity index (χ2n) is 5.78. The number of carboxylic acids is 1. The van der Waals surface area contributed by atoms with Gasteiger partial charge in [-0.15, -0.1) is 0 Å². The second kappa shape index (κ2) is 6.24. The first-order chi connectivity index (χ1) is 11.1. The minimum atomic E-state index is -1.21. The van der Waals surface area contributed by atoms with Crippen LogP contribution in [-0.2, 0) is 0 Å². The molecule has 1 aliphatic heterocycles. The van der Waals surface area contributed by atoms with Crippen LogP contribution < -0.4 is 10.5 Å². The maximum atomic E-state index is 12.4. The minimum absolute atomic E-state index is 0.201. The van der Waals surface area contributed by atoms with Crippen LogP contribution in [0.5, 0.6) is 0 Å². The molecule has 120 valence electrons. The molecule has 0 spiro atoms. The number of pyridine rings is 2. The summed E-state index contributed by atoms with van der Waals surface area (Å²) in [4.78, 5) is 30.3. The molecule has 1 N–H and O–H groups in total. The van der Waals surface area contributed by atoms with Crippen molar-refractivity contribution in [1.82, 2.24) is 9.55 Å². The van der Waals surface area contributed by atoms with Gasteiger partial charge in [-0.25, -0.2) is 9.78 Å². The third kappa shape index (κ3) is 2.97. The number of aromatic nitrogens is 2. The predicted octanol–water partition coefficient (Wildman–Crippen LogP) is 2.23. The number of anilines is 1. The Kier molecular flexibility index (Phi) is 4.14. The molecule has 0 radical (unpaired) electrons. The van der Waals surface area contributed by atoms with Gasteiger partial charge < -0.3 is 10.0 Å². The zero-order chi connectivity index (χ0) is 16.4. The molecule has 0 aliphatic carbocycles. The van der Waals surface area contributed by atoms with E-state index in [1.807, 2.05) is 6.07 Å². The largest absolute Gasteiger partial charge is 0.477 e. The van der Waals surface area contributed by atoms with Crippen molar-refractivity contribution in [3.63, 3.8) is 0 Å². The molecule has 6 nitrogen and oxygen atoms in total. The van der Waals surface area contributed by atoms with Crippen LogP contribution in [0.3, 0.4) is 0 Å². The van der Waals surface area contributed by atoms with Crippen molar-refractivity contribution in [2.24, 2.45) is 0 Å². The summed E-state index contributed by atoms with van der Waals surface area (Å²) in [5.41, 5.74) is 0.285. The van der Waals surface area contributed by atoms with Crippen LogP contribution in [0.15, 0.2) is 35.4 Å². The molecule has 0 aromatic carbocycles. The molecule has 3 rings (SSSR count). The van der Waals surface area contributed by atoms with Crippen LogP contribution in [0.4, 0.5) is 5.82 Å². The fourth-order valence-electron chi connectivity index (χ4n) is 2.92. The smallest absolute Gasteiger partial charge is 0.341 e. The van der Waals surface area contributed by atoms with E-state index in [0.717, 1.165) is 18.9 Å². The lowest BCUT2D eigenvalue weighted by Crippen LogP contribution is -2.30. The summed E-state index contributed by atoms with van der Waals surface area (Å²) in [5.74, 6) is -0.313. The average Bonchev–Trinajstić information content (AvgIpc) is 2.56. The molecule has 1 fully saturated rings. The van der Waals surface area contributed by atoms with Crippen LogP contribution in [0.25, 0.3) is 5.69 Å². The first-order valence-corrected chi connectivity index (χ1v) is 7.75. The second-order valence-corrected chi connectivity index (χ2v) is 5.78.